The molecule has 2 nitrogen and oxygen atoms in total. The van der Waals surface area contributed by atoms with Crippen molar-refractivity contribution in [3.05, 3.63) is 265 Å². The van der Waals surface area contributed by atoms with Crippen molar-refractivity contribution in [2.24, 2.45) is 0 Å². The van der Waals surface area contributed by atoms with Crippen LogP contribution in [0.5, 0.6) is 0 Å². The van der Waals surface area contributed by atoms with Crippen LogP contribution < -0.4 is 0 Å². The van der Waals surface area contributed by atoms with Gasteiger partial charge in [-0.2, -0.15) is 0 Å². The van der Waals surface area contributed by atoms with Gasteiger partial charge in [0.25, 0.3) is 0 Å². The smallest absolute Gasteiger partial charge is 0.161 e. The summed E-state index contributed by atoms with van der Waals surface area (Å²) < 4.78 is 0. The van der Waals surface area contributed by atoms with Gasteiger partial charge in [-0.15, -0.1) is 0 Å². The molecule has 1 aliphatic rings. The van der Waals surface area contributed by atoms with E-state index in [1.54, 1.807) is 0 Å². The van der Waals surface area contributed by atoms with E-state index in [-0.39, 0.29) is 0 Å². The number of fused-ring (bicyclic) bond motifs is 6. The monoisotopic (exact) mass is 800 g/mol. The number of hydrogen-bond acceptors (Lipinski definition) is 2. The second-order valence-corrected chi connectivity index (χ2v) is 16.4. The minimum atomic E-state index is -0.485. The molecule has 0 aliphatic heterocycles. The zero-order chi connectivity index (χ0) is 41.7. The van der Waals surface area contributed by atoms with Crippen molar-refractivity contribution in [2.75, 3.05) is 0 Å². The van der Waals surface area contributed by atoms with E-state index < -0.39 is 5.41 Å². The maximum Gasteiger partial charge on any atom is 0.161 e. The quantitative estimate of drug-likeness (QED) is 0.160. The molecule has 2 heteroatoms. The van der Waals surface area contributed by atoms with Crippen LogP contribution in [0.1, 0.15) is 22.3 Å². The van der Waals surface area contributed by atoms with Crippen LogP contribution in [0.4, 0.5) is 0 Å². The zero-order valence-corrected chi connectivity index (χ0v) is 34.5. The first-order valence-electron chi connectivity index (χ1n) is 21.6. The Labute approximate surface area is 367 Å². The largest absolute Gasteiger partial charge is 0.228 e. The van der Waals surface area contributed by atoms with Gasteiger partial charge in [0.1, 0.15) is 0 Å². The standard InChI is InChI=1S/C61H40N2/c1-5-18-41(19-6-1)44-23-17-24-46(38-44)58-40-57(43-21-7-2-8-22-43)62-60(63-58)53-35-34-49(51-30-15-16-31-52(51)53)45-33-36-55-54(39-45)59-50-29-14-13-20-42(50)32-37-56(59)61(55,47-25-9-3-10-26-47)48-27-11-4-12-28-48/h1-40H. The van der Waals surface area contributed by atoms with E-state index in [4.69, 9.17) is 9.97 Å². The lowest BCUT2D eigenvalue weighted by molar-refractivity contribution is 0.769. The lowest BCUT2D eigenvalue weighted by Crippen LogP contribution is -2.28. The Morgan fingerprint density at radius 2 is 0.810 bits per heavy atom. The minimum absolute atomic E-state index is 0.485. The van der Waals surface area contributed by atoms with Crippen molar-refractivity contribution in [1.82, 2.24) is 9.97 Å². The predicted octanol–water partition coefficient (Wildman–Crippen LogP) is 15.5. The fourth-order valence-electron chi connectivity index (χ4n) is 10.1. The number of hydrogen-bond donors (Lipinski definition) is 0. The molecule has 1 heterocycles. The third-order valence-electron chi connectivity index (χ3n) is 13.0. The van der Waals surface area contributed by atoms with Gasteiger partial charge in [0.2, 0.25) is 0 Å². The molecule has 1 aliphatic carbocycles. The molecule has 12 rings (SSSR count). The van der Waals surface area contributed by atoms with Gasteiger partial charge in [0.15, 0.2) is 5.82 Å². The van der Waals surface area contributed by atoms with Gasteiger partial charge in [0, 0.05) is 16.7 Å². The van der Waals surface area contributed by atoms with Crippen molar-refractivity contribution >= 4 is 21.5 Å². The molecule has 0 saturated carbocycles. The molecule has 0 amide bonds. The van der Waals surface area contributed by atoms with E-state index in [2.05, 4.69) is 237 Å². The lowest BCUT2D eigenvalue weighted by atomic mass is 9.67. The van der Waals surface area contributed by atoms with E-state index in [0.29, 0.717) is 5.82 Å². The Hall–Kier alpha value is -8.20. The van der Waals surface area contributed by atoms with Gasteiger partial charge in [-0.25, -0.2) is 9.97 Å². The van der Waals surface area contributed by atoms with Crippen LogP contribution in [-0.4, -0.2) is 9.97 Å². The summed E-state index contributed by atoms with van der Waals surface area (Å²) in [5, 5.41) is 4.77. The van der Waals surface area contributed by atoms with E-state index in [1.165, 1.54) is 60.8 Å². The number of nitrogens with zero attached hydrogens (tertiary/aromatic N) is 2. The predicted molar refractivity (Wildman–Crippen MR) is 262 cm³/mol. The summed E-state index contributed by atoms with van der Waals surface area (Å²) in [5.41, 5.74) is 16.7. The van der Waals surface area contributed by atoms with Crippen LogP contribution in [0.3, 0.4) is 0 Å². The van der Waals surface area contributed by atoms with E-state index in [0.717, 1.165) is 44.4 Å². The van der Waals surface area contributed by atoms with Gasteiger partial charge in [-0.05, 0) is 101 Å². The molecule has 1 aromatic heterocycles. The highest BCUT2D eigenvalue weighted by Crippen LogP contribution is 2.58. The van der Waals surface area contributed by atoms with Crippen LogP contribution in [0.2, 0.25) is 0 Å². The third-order valence-corrected chi connectivity index (χ3v) is 13.0. The number of aromatic nitrogens is 2. The molecule has 0 atom stereocenters. The molecule has 11 aromatic rings. The third kappa shape index (κ3) is 6.02. The Morgan fingerprint density at radius 3 is 1.51 bits per heavy atom. The fraction of sp³-hybridized carbons (Fsp3) is 0.0164. The Kier molecular flexibility index (Phi) is 8.76. The maximum atomic E-state index is 5.35. The fourth-order valence-corrected chi connectivity index (χ4v) is 10.1. The lowest BCUT2D eigenvalue weighted by Gasteiger charge is -2.34. The minimum Gasteiger partial charge on any atom is -0.228 e. The van der Waals surface area contributed by atoms with Crippen molar-refractivity contribution in [3.63, 3.8) is 0 Å². The Morgan fingerprint density at radius 1 is 0.286 bits per heavy atom. The van der Waals surface area contributed by atoms with E-state index in [9.17, 15) is 0 Å². The van der Waals surface area contributed by atoms with Crippen molar-refractivity contribution in [2.45, 2.75) is 5.41 Å². The Bertz CT molecular complexity index is 3450. The Balaban J connectivity index is 1.05. The van der Waals surface area contributed by atoms with Gasteiger partial charge >= 0.3 is 0 Å². The molecular formula is C61H40N2. The molecule has 0 radical (unpaired) electrons. The van der Waals surface area contributed by atoms with Gasteiger partial charge in [-0.3, -0.25) is 0 Å². The van der Waals surface area contributed by atoms with Crippen molar-refractivity contribution in [3.8, 4) is 67.3 Å². The molecule has 10 aromatic carbocycles. The average Bonchev–Trinajstić information content (AvgIpc) is 3.68. The van der Waals surface area contributed by atoms with E-state index >= 15 is 0 Å². The molecule has 0 saturated heterocycles. The molecule has 63 heavy (non-hydrogen) atoms. The summed E-state index contributed by atoms with van der Waals surface area (Å²) in [7, 11) is 0. The second-order valence-electron chi connectivity index (χ2n) is 16.4. The van der Waals surface area contributed by atoms with Crippen LogP contribution in [0.15, 0.2) is 243 Å². The number of benzene rings is 10. The molecule has 0 unspecified atom stereocenters. The first-order chi connectivity index (χ1) is 31.2. The molecule has 294 valence electrons. The van der Waals surface area contributed by atoms with Crippen molar-refractivity contribution in [1.29, 1.82) is 0 Å². The normalized spacial score (nSPS) is 12.6. The highest BCUT2D eigenvalue weighted by Gasteiger charge is 2.46. The topological polar surface area (TPSA) is 25.8 Å². The van der Waals surface area contributed by atoms with Crippen LogP contribution in [0.25, 0.3) is 88.8 Å². The first-order valence-corrected chi connectivity index (χ1v) is 21.6. The second kappa shape index (κ2) is 15.1. The SMILES string of the molecule is c1ccc(-c2cccc(-c3cc(-c4ccccc4)nc(-c4ccc(-c5ccc6c(c5)-c5c(ccc7ccccc57)C6(c5ccccc5)c5ccccc5)c5ccccc45)n3)c2)cc1. The van der Waals surface area contributed by atoms with E-state index in [1.807, 2.05) is 6.07 Å². The van der Waals surface area contributed by atoms with Gasteiger partial charge in [-0.1, -0.05) is 218 Å². The highest BCUT2D eigenvalue weighted by atomic mass is 14.9. The summed E-state index contributed by atoms with van der Waals surface area (Å²) in [6, 6.07) is 87.7. The maximum absolute atomic E-state index is 5.35. The molecular weight excluding hydrogens is 761 g/mol. The van der Waals surface area contributed by atoms with Crippen LogP contribution in [-0.2, 0) is 5.41 Å². The van der Waals surface area contributed by atoms with Gasteiger partial charge < -0.3 is 0 Å². The summed E-state index contributed by atoms with van der Waals surface area (Å²) in [6.07, 6.45) is 0. The average molecular weight is 801 g/mol. The molecule has 0 spiro atoms. The van der Waals surface area contributed by atoms with Crippen LogP contribution >= 0.6 is 0 Å². The molecule has 0 bridgehead atoms. The highest BCUT2D eigenvalue weighted by molar-refractivity contribution is 6.08. The summed E-state index contributed by atoms with van der Waals surface area (Å²) in [4.78, 5) is 10.6. The molecule has 0 N–H and O–H groups in total. The summed E-state index contributed by atoms with van der Waals surface area (Å²) >= 11 is 0. The summed E-state index contributed by atoms with van der Waals surface area (Å²) in [6.45, 7) is 0. The number of rotatable bonds is 7. The van der Waals surface area contributed by atoms with Crippen molar-refractivity contribution < 1.29 is 0 Å². The zero-order valence-electron chi connectivity index (χ0n) is 34.5. The van der Waals surface area contributed by atoms with Crippen LogP contribution in [0, 0.1) is 0 Å². The van der Waals surface area contributed by atoms with Gasteiger partial charge in [0.05, 0.1) is 16.8 Å². The molecule has 0 fully saturated rings. The first kappa shape index (κ1) is 36.6. The summed E-state index contributed by atoms with van der Waals surface area (Å²) in [5.74, 6) is 0.698.